The third kappa shape index (κ3) is 2.58. The predicted octanol–water partition coefficient (Wildman–Crippen LogP) is 3.25. The third-order valence-electron chi connectivity index (χ3n) is 4.28. The van der Waals surface area contributed by atoms with Crippen molar-refractivity contribution in [3.8, 4) is 0 Å². The van der Waals surface area contributed by atoms with E-state index in [0.29, 0.717) is 11.6 Å². The van der Waals surface area contributed by atoms with Gasteiger partial charge in [-0.1, -0.05) is 12.1 Å². The molecular weight excluding hydrogens is 302 g/mol. The number of hydrogen-bond donors (Lipinski definition) is 1. The summed E-state index contributed by atoms with van der Waals surface area (Å²) in [6.07, 6.45) is 3.97. The van der Waals surface area contributed by atoms with Crippen LogP contribution in [-0.2, 0) is 5.54 Å². The molecule has 0 bridgehead atoms. The molecule has 6 heteroatoms. The number of rotatable bonds is 3. The van der Waals surface area contributed by atoms with Crippen molar-refractivity contribution in [1.29, 1.82) is 0 Å². The first kappa shape index (κ1) is 14.9. The van der Waals surface area contributed by atoms with E-state index in [1.54, 1.807) is 11.0 Å². The van der Waals surface area contributed by atoms with Crippen molar-refractivity contribution in [1.82, 2.24) is 19.4 Å². The van der Waals surface area contributed by atoms with Crippen LogP contribution in [-0.4, -0.2) is 25.3 Å². The summed E-state index contributed by atoms with van der Waals surface area (Å²) >= 11 is 0. The predicted molar refractivity (Wildman–Crippen MR) is 92.6 cm³/mol. The number of amides is 1. The van der Waals surface area contributed by atoms with Crippen molar-refractivity contribution in [2.45, 2.75) is 45.1 Å². The number of aromatic nitrogens is 4. The quantitative estimate of drug-likeness (QED) is 0.804. The van der Waals surface area contributed by atoms with Gasteiger partial charge in [0.25, 0.3) is 5.91 Å². The lowest BCUT2D eigenvalue weighted by Gasteiger charge is -2.22. The van der Waals surface area contributed by atoms with Crippen LogP contribution in [0.1, 0.15) is 55.7 Å². The lowest BCUT2D eigenvalue weighted by atomic mass is 10.1. The van der Waals surface area contributed by atoms with Crippen molar-refractivity contribution < 1.29 is 4.79 Å². The molecule has 0 atom stereocenters. The number of carbonyl (C=O) groups is 1. The summed E-state index contributed by atoms with van der Waals surface area (Å²) in [7, 11) is 0. The van der Waals surface area contributed by atoms with Crippen LogP contribution >= 0.6 is 0 Å². The molecule has 2 heterocycles. The molecule has 3 aromatic rings. The molecule has 0 spiro atoms. The molecule has 2 aromatic heterocycles. The Morgan fingerprint density at radius 2 is 2.00 bits per heavy atom. The lowest BCUT2D eigenvalue weighted by Crippen LogP contribution is -2.27. The molecule has 6 nitrogen and oxygen atoms in total. The first-order valence-electron chi connectivity index (χ1n) is 8.27. The second-order valence-corrected chi connectivity index (χ2v) is 7.36. The van der Waals surface area contributed by atoms with Gasteiger partial charge in [0.2, 0.25) is 0 Å². The fraction of sp³-hybridized carbons (Fsp3) is 0.389. The number of para-hydroxylation sites is 2. The zero-order valence-corrected chi connectivity index (χ0v) is 14.2. The van der Waals surface area contributed by atoms with E-state index in [-0.39, 0.29) is 11.4 Å². The SMILES string of the molecule is CC(C)(C)n1nc(C(=O)Nn2cnc3ccccc32)cc1C1CC1. The Kier molecular flexibility index (Phi) is 3.23. The molecule has 1 aromatic carbocycles. The molecule has 1 saturated carbocycles. The van der Waals surface area contributed by atoms with E-state index in [1.807, 2.05) is 35.0 Å². The van der Waals surface area contributed by atoms with Gasteiger partial charge < -0.3 is 0 Å². The minimum absolute atomic E-state index is 0.141. The summed E-state index contributed by atoms with van der Waals surface area (Å²) in [5.74, 6) is 0.315. The molecule has 0 saturated heterocycles. The molecule has 1 amide bonds. The third-order valence-corrected chi connectivity index (χ3v) is 4.28. The summed E-state index contributed by atoms with van der Waals surface area (Å²) in [6.45, 7) is 6.32. The van der Waals surface area contributed by atoms with Crippen molar-refractivity contribution in [3.63, 3.8) is 0 Å². The van der Waals surface area contributed by atoms with E-state index in [4.69, 9.17) is 0 Å². The van der Waals surface area contributed by atoms with Gasteiger partial charge in [0.05, 0.1) is 16.6 Å². The summed E-state index contributed by atoms with van der Waals surface area (Å²) in [5, 5.41) is 4.57. The van der Waals surface area contributed by atoms with Crippen LogP contribution in [0, 0.1) is 0 Å². The van der Waals surface area contributed by atoms with Crippen LogP contribution in [0.2, 0.25) is 0 Å². The fourth-order valence-corrected chi connectivity index (χ4v) is 2.93. The van der Waals surface area contributed by atoms with E-state index in [1.165, 1.54) is 12.8 Å². The van der Waals surface area contributed by atoms with E-state index in [0.717, 1.165) is 16.7 Å². The van der Waals surface area contributed by atoms with E-state index in [9.17, 15) is 4.79 Å². The van der Waals surface area contributed by atoms with Gasteiger partial charge in [-0.05, 0) is 51.8 Å². The highest BCUT2D eigenvalue weighted by Crippen LogP contribution is 2.41. The molecule has 1 fully saturated rings. The standard InChI is InChI=1S/C18H21N5O/c1-18(2,3)23-16(12-8-9-12)10-14(20-23)17(24)21-22-11-19-13-6-4-5-7-15(13)22/h4-7,10-12H,8-9H2,1-3H3,(H,21,24). The second kappa shape index (κ2) is 5.19. The number of benzene rings is 1. The maximum Gasteiger partial charge on any atom is 0.290 e. The maximum atomic E-state index is 12.7. The molecule has 1 aliphatic rings. The molecule has 4 rings (SSSR count). The molecule has 0 aliphatic heterocycles. The van der Waals surface area contributed by atoms with Gasteiger partial charge in [-0.2, -0.15) is 5.10 Å². The van der Waals surface area contributed by atoms with Crippen molar-refractivity contribution in [2.24, 2.45) is 0 Å². The van der Waals surface area contributed by atoms with Gasteiger partial charge in [0.15, 0.2) is 5.69 Å². The van der Waals surface area contributed by atoms with Crippen molar-refractivity contribution in [2.75, 3.05) is 5.43 Å². The normalized spacial score (nSPS) is 15.0. The molecule has 0 radical (unpaired) electrons. The first-order valence-corrected chi connectivity index (χ1v) is 8.27. The summed E-state index contributed by atoms with van der Waals surface area (Å²) in [6, 6.07) is 9.61. The largest absolute Gasteiger partial charge is 0.290 e. The van der Waals surface area contributed by atoms with Crippen LogP contribution in [0.5, 0.6) is 0 Å². The number of nitrogens with one attached hydrogen (secondary N) is 1. The average Bonchev–Trinajstić information content (AvgIpc) is 3.14. The fourth-order valence-electron chi connectivity index (χ4n) is 2.93. The summed E-state index contributed by atoms with van der Waals surface area (Å²) in [4.78, 5) is 16.9. The highest BCUT2D eigenvalue weighted by Gasteiger charge is 2.32. The Hall–Kier alpha value is -2.63. The van der Waals surface area contributed by atoms with E-state index in [2.05, 4.69) is 36.3 Å². The van der Waals surface area contributed by atoms with Crippen molar-refractivity contribution >= 4 is 16.9 Å². The molecule has 124 valence electrons. The highest BCUT2D eigenvalue weighted by atomic mass is 16.2. The van der Waals surface area contributed by atoms with Crippen LogP contribution < -0.4 is 5.43 Å². The molecule has 24 heavy (non-hydrogen) atoms. The molecule has 1 aliphatic carbocycles. The summed E-state index contributed by atoms with van der Waals surface area (Å²) in [5.41, 5.74) is 6.04. The van der Waals surface area contributed by atoms with Gasteiger partial charge in [-0.25, -0.2) is 9.66 Å². The van der Waals surface area contributed by atoms with Crippen LogP contribution in [0.25, 0.3) is 11.0 Å². The van der Waals surface area contributed by atoms with Gasteiger partial charge in [0.1, 0.15) is 6.33 Å². The Labute approximate surface area is 140 Å². The number of nitrogens with zero attached hydrogens (tertiary/aromatic N) is 4. The topological polar surface area (TPSA) is 64.7 Å². The smallest absolute Gasteiger partial charge is 0.266 e. The van der Waals surface area contributed by atoms with Gasteiger partial charge >= 0.3 is 0 Å². The zero-order chi connectivity index (χ0) is 16.9. The zero-order valence-electron chi connectivity index (χ0n) is 14.2. The van der Waals surface area contributed by atoms with Crippen LogP contribution in [0.3, 0.4) is 0 Å². The number of hydrogen-bond acceptors (Lipinski definition) is 3. The van der Waals surface area contributed by atoms with Crippen molar-refractivity contribution in [3.05, 3.63) is 48.0 Å². The second-order valence-electron chi connectivity index (χ2n) is 7.36. The average molecular weight is 323 g/mol. The Morgan fingerprint density at radius 1 is 1.25 bits per heavy atom. The van der Waals surface area contributed by atoms with Gasteiger partial charge in [-0.3, -0.25) is 14.9 Å². The Balaban J connectivity index is 1.65. The first-order chi connectivity index (χ1) is 11.4. The van der Waals surface area contributed by atoms with Gasteiger partial charge in [0, 0.05) is 11.6 Å². The van der Waals surface area contributed by atoms with Gasteiger partial charge in [-0.15, -0.1) is 0 Å². The number of fused-ring (bicyclic) bond motifs is 1. The number of carbonyl (C=O) groups excluding carboxylic acids is 1. The minimum Gasteiger partial charge on any atom is -0.266 e. The molecular formula is C18H21N5O. The number of imidazole rings is 1. The maximum absolute atomic E-state index is 12.7. The molecule has 1 N–H and O–H groups in total. The Bertz CT molecular complexity index is 911. The summed E-state index contributed by atoms with van der Waals surface area (Å²) < 4.78 is 3.64. The lowest BCUT2D eigenvalue weighted by molar-refractivity contribution is 0.100. The van der Waals surface area contributed by atoms with Crippen LogP contribution in [0.15, 0.2) is 36.7 Å². The van der Waals surface area contributed by atoms with E-state index < -0.39 is 0 Å². The minimum atomic E-state index is -0.219. The monoisotopic (exact) mass is 323 g/mol. The molecule has 0 unspecified atom stereocenters. The highest BCUT2D eigenvalue weighted by molar-refractivity contribution is 5.99. The Morgan fingerprint density at radius 3 is 2.71 bits per heavy atom. The van der Waals surface area contributed by atoms with Crippen LogP contribution in [0.4, 0.5) is 0 Å². The van der Waals surface area contributed by atoms with E-state index >= 15 is 0 Å².